The monoisotopic (exact) mass is 463 g/mol. The number of methoxy groups -OCH3 is 1. The summed E-state index contributed by atoms with van der Waals surface area (Å²) in [6.45, 7) is 0. The van der Waals surface area contributed by atoms with Crippen LogP contribution in [0.1, 0.15) is 43.8 Å². The van der Waals surface area contributed by atoms with E-state index in [2.05, 4.69) is 31.0 Å². The number of anilines is 3. The van der Waals surface area contributed by atoms with Crippen LogP contribution in [0.15, 0.2) is 36.8 Å². The molecule has 3 aromatic rings. The van der Waals surface area contributed by atoms with Gasteiger partial charge in [0.15, 0.2) is 11.6 Å². The molecule has 178 valence electrons. The fraction of sp³-hybridized carbons (Fsp3) is 0.417. The van der Waals surface area contributed by atoms with Crippen LogP contribution in [-0.2, 0) is 7.05 Å². The number of hydrogen-bond donors (Lipinski definition) is 4. The van der Waals surface area contributed by atoms with Crippen molar-refractivity contribution in [3.8, 4) is 17.1 Å². The highest BCUT2D eigenvalue weighted by Gasteiger charge is 2.33. The van der Waals surface area contributed by atoms with Gasteiger partial charge in [-0.1, -0.05) is 6.07 Å². The number of amides is 2. The number of aliphatic hydroxyl groups is 1. The molecule has 0 spiro atoms. The van der Waals surface area contributed by atoms with E-state index in [-0.39, 0.29) is 18.0 Å². The van der Waals surface area contributed by atoms with Crippen LogP contribution < -0.4 is 20.7 Å². The zero-order valence-electron chi connectivity index (χ0n) is 19.3. The standard InChI is InChI=1S/C24H29N7O3/c1-31-13-26-23(30-31)16-7-4-8-18(22(16)34-2)28-19-11-20(29-24(33)27-15-5-3-6-15)25-12-17(19)21(32)14-9-10-14/h4,7-8,11-15,21,32H,3,5-6,9-10H2,1-2H3,(H3,25,27,28,29,33). The van der Waals surface area contributed by atoms with Crippen molar-refractivity contribution >= 4 is 23.2 Å². The fourth-order valence-corrected chi connectivity index (χ4v) is 4.07. The summed E-state index contributed by atoms with van der Waals surface area (Å²) in [7, 11) is 3.40. The van der Waals surface area contributed by atoms with Crippen molar-refractivity contribution in [2.45, 2.75) is 44.2 Å². The van der Waals surface area contributed by atoms with Gasteiger partial charge in [-0.2, -0.15) is 5.10 Å². The Morgan fingerprint density at radius 2 is 2.03 bits per heavy atom. The summed E-state index contributed by atoms with van der Waals surface area (Å²) in [6.07, 6.45) is 7.72. The number of carbonyl (C=O) groups is 1. The average molecular weight is 464 g/mol. The number of urea groups is 1. The maximum absolute atomic E-state index is 12.4. The van der Waals surface area contributed by atoms with E-state index in [0.717, 1.165) is 37.7 Å². The van der Waals surface area contributed by atoms with E-state index in [0.29, 0.717) is 34.3 Å². The topological polar surface area (TPSA) is 126 Å². The minimum Gasteiger partial charge on any atom is -0.494 e. The number of nitrogens with zero attached hydrogens (tertiary/aromatic N) is 4. The van der Waals surface area contributed by atoms with Gasteiger partial charge in [0.2, 0.25) is 0 Å². The molecule has 10 heteroatoms. The number of hydrogen-bond acceptors (Lipinski definition) is 7. The molecule has 34 heavy (non-hydrogen) atoms. The van der Waals surface area contributed by atoms with Gasteiger partial charge in [0.1, 0.15) is 12.1 Å². The molecule has 2 aliphatic rings. The Bertz CT molecular complexity index is 1190. The fourth-order valence-electron chi connectivity index (χ4n) is 4.07. The quantitative estimate of drug-likeness (QED) is 0.401. The number of pyridine rings is 1. The first-order valence-corrected chi connectivity index (χ1v) is 11.6. The predicted molar refractivity (Wildman–Crippen MR) is 128 cm³/mol. The van der Waals surface area contributed by atoms with Crippen LogP contribution in [0, 0.1) is 5.92 Å². The van der Waals surface area contributed by atoms with Gasteiger partial charge in [0.05, 0.1) is 24.5 Å². The van der Waals surface area contributed by atoms with E-state index in [4.69, 9.17) is 4.74 Å². The van der Waals surface area contributed by atoms with Crippen LogP contribution in [0.25, 0.3) is 11.4 Å². The normalized spacial score (nSPS) is 16.4. The van der Waals surface area contributed by atoms with Crippen LogP contribution >= 0.6 is 0 Å². The van der Waals surface area contributed by atoms with E-state index in [1.165, 1.54) is 0 Å². The summed E-state index contributed by atoms with van der Waals surface area (Å²) in [6, 6.07) is 7.35. The lowest BCUT2D eigenvalue weighted by Crippen LogP contribution is -2.42. The van der Waals surface area contributed by atoms with Gasteiger partial charge in [-0.15, -0.1) is 0 Å². The number of ether oxygens (including phenoxy) is 1. The smallest absolute Gasteiger partial charge is 0.320 e. The summed E-state index contributed by atoms with van der Waals surface area (Å²) in [4.78, 5) is 21.1. The molecule has 2 fully saturated rings. The Kier molecular flexibility index (Phi) is 6.06. The van der Waals surface area contributed by atoms with Gasteiger partial charge in [-0.25, -0.2) is 14.8 Å². The second kappa shape index (κ2) is 9.30. The maximum atomic E-state index is 12.4. The first-order chi connectivity index (χ1) is 16.5. The van der Waals surface area contributed by atoms with E-state index >= 15 is 0 Å². The molecule has 5 rings (SSSR count). The maximum Gasteiger partial charge on any atom is 0.320 e. The first-order valence-electron chi connectivity index (χ1n) is 11.6. The van der Waals surface area contributed by atoms with Crippen molar-refractivity contribution in [2.75, 3.05) is 17.7 Å². The highest BCUT2D eigenvalue weighted by molar-refractivity contribution is 5.89. The van der Waals surface area contributed by atoms with Crippen molar-refractivity contribution in [2.24, 2.45) is 13.0 Å². The molecule has 2 aromatic heterocycles. The summed E-state index contributed by atoms with van der Waals surface area (Å²) in [5, 5.41) is 24.4. The molecule has 0 aliphatic heterocycles. The number of aliphatic hydroxyl groups excluding tert-OH is 1. The molecule has 0 saturated heterocycles. The van der Waals surface area contributed by atoms with Crippen LogP contribution in [-0.4, -0.2) is 44.0 Å². The van der Waals surface area contributed by atoms with Gasteiger partial charge in [0, 0.05) is 36.6 Å². The van der Waals surface area contributed by atoms with Crippen molar-refractivity contribution in [1.82, 2.24) is 25.1 Å². The summed E-state index contributed by atoms with van der Waals surface area (Å²) < 4.78 is 7.35. The Labute approximate surface area is 197 Å². The average Bonchev–Trinajstić information content (AvgIpc) is 3.56. The predicted octanol–water partition coefficient (Wildman–Crippen LogP) is 3.75. The number of benzene rings is 1. The van der Waals surface area contributed by atoms with Crippen molar-refractivity contribution in [1.29, 1.82) is 0 Å². The Hall–Kier alpha value is -3.66. The Balaban J connectivity index is 1.45. The van der Waals surface area contributed by atoms with Crippen LogP contribution in [0.3, 0.4) is 0 Å². The van der Waals surface area contributed by atoms with Crippen LogP contribution in [0.5, 0.6) is 5.75 Å². The lowest BCUT2D eigenvalue weighted by Gasteiger charge is -2.26. The molecule has 0 bridgehead atoms. The minimum absolute atomic E-state index is 0.217. The third kappa shape index (κ3) is 4.67. The number of para-hydroxylation sites is 1. The lowest BCUT2D eigenvalue weighted by atomic mass is 9.93. The molecule has 2 saturated carbocycles. The minimum atomic E-state index is -0.639. The number of rotatable bonds is 8. The molecular weight excluding hydrogens is 434 g/mol. The largest absolute Gasteiger partial charge is 0.494 e. The summed E-state index contributed by atoms with van der Waals surface area (Å²) >= 11 is 0. The van der Waals surface area contributed by atoms with Crippen LogP contribution in [0.4, 0.5) is 22.0 Å². The Morgan fingerprint density at radius 1 is 1.21 bits per heavy atom. The van der Waals surface area contributed by atoms with Crippen molar-refractivity contribution < 1.29 is 14.6 Å². The van der Waals surface area contributed by atoms with Gasteiger partial charge in [0.25, 0.3) is 0 Å². The highest BCUT2D eigenvalue weighted by atomic mass is 16.5. The molecule has 10 nitrogen and oxygen atoms in total. The zero-order chi connectivity index (χ0) is 23.7. The molecule has 1 atom stereocenters. The van der Waals surface area contributed by atoms with E-state index in [9.17, 15) is 9.90 Å². The molecule has 1 unspecified atom stereocenters. The second-order valence-corrected chi connectivity index (χ2v) is 8.92. The number of aryl methyl sites for hydroxylation is 1. The lowest BCUT2D eigenvalue weighted by molar-refractivity contribution is 0.154. The van der Waals surface area contributed by atoms with Crippen LogP contribution in [0.2, 0.25) is 0 Å². The molecule has 1 aromatic carbocycles. The SMILES string of the molecule is COc1c(Nc2cc(NC(=O)NC3CCC3)ncc2C(O)C2CC2)cccc1-c1ncn(C)n1. The van der Waals surface area contributed by atoms with Crippen molar-refractivity contribution in [3.63, 3.8) is 0 Å². The molecule has 0 radical (unpaired) electrons. The number of aromatic nitrogens is 4. The highest BCUT2D eigenvalue weighted by Crippen LogP contribution is 2.44. The van der Waals surface area contributed by atoms with E-state index in [1.807, 2.05) is 25.2 Å². The van der Waals surface area contributed by atoms with Gasteiger partial charge in [-0.05, 0) is 50.2 Å². The number of carbonyl (C=O) groups excluding carboxylic acids is 1. The summed E-state index contributed by atoms with van der Waals surface area (Å²) in [5.74, 6) is 1.74. The zero-order valence-corrected chi connectivity index (χ0v) is 19.3. The second-order valence-electron chi connectivity index (χ2n) is 8.92. The first kappa shape index (κ1) is 22.1. The Morgan fingerprint density at radius 3 is 2.68 bits per heavy atom. The summed E-state index contributed by atoms with van der Waals surface area (Å²) in [5.41, 5.74) is 2.76. The number of nitrogens with one attached hydrogen (secondary N) is 3. The van der Waals surface area contributed by atoms with Gasteiger partial charge >= 0.3 is 6.03 Å². The molecule has 2 amide bonds. The van der Waals surface area contributed by atoms with Crippen molar-refractivity contribution in [3.05, 3.63) is 42.4 Å². The van der Waals surface area contributed by atoms with E-state index in [1.54, 1.807) is 30.4 Å². The van der Waals surface area contributed by atoms with E-state index < -0.39 is 6.10 Å². The third-order valence-electron chi connectivity index (χ3n) is 6.33. The molecular formula is C24H29N7O3. The molecule has 2 heterocycles. The third-order valence-corrected chi connectivity index (χ3v) is 6.33. The molecule has 2 aliphatic carbocycles. The molecule has 4 N–H and O–H groups in total. The van der Waals surface area contributed by atoms with Gasteiger partial charge < -0.3 is 20.5 Å². The van der Waals surface area contributed by atoms with Gasteiger partial charge in [-0.3, -0.25) is 10.00 Å².